The molecular formula is C21H29F3N2O5S. The second-order valence-electron chi connectivity index (χ2n) is 9.39. The maximum absolute atomic E-state index is 15.2. The number of alkyl halides is 2. The summed E-state index contributed by atoms with van der Waals surface area (Å²) in [5.41, 5.74) is -2.53. The van der Waals surface area contributed by atoms with E-state index in [0.717, 1.165) is 23.1 Å². The second-order valence-corrected chi connectivity index (χ2v) is 11.4. The Hall–Kier alpha value is -2.14. The molecule has 2 unspecified atom stereocenters. The maximum Gasteiger partial charge on any atom is 0.410 e. The molecule has 180 valence electrons. The van der Waals surface area contributed by atoms with Gasteiger partial charge in [-0.15, -0.1) is 0 Å². The fourth-order valence-electron chi connectivity index (χ4n) is 2.79. The van der Waals surface area contributed by atoms with Crippen LogP contribution in [0.2, 0.25) is 0 Å². The lowest BCUT2D eigenvalue weighted by atomic mass is 9.98. The van der Waals surface area contributed by atoms with Gasteiger partial charge in [0.15, 0.2) is 0 Å². The van der Waals surface area contributed by atoms with Crippen LogP contribution in [0, 0.1) is 5.82 Å². The van der Waals surface area contributed by atoms with Crippen LogP contribution in [0.5, 0.6) is 0 Å². The molecule has 0 spiro atoms. The minimum Gasteiger partial charge on any atom is -0.444 e. The highest BCUT2D eigenvalue weighted by molar-refractivity contribution is 7.85. The van der Waals surface area contributed by atoms with Crippen molar-refractivity contribution in [2.75, 3.05) is 19.7 Å². The molecule has 1 aliphatic heterocycles. The van der Waals surface area contributed by atoms with Gasteiger partial charge >= 0.3 is 12.0 Å². The number of hydrogen-bond donors (Lipinski definition) is 1. The predicted octanol–water partition coefficient (Wildman–Crippen LogP) is 3.75. The van der Waals surface area contributed by atoms with E-state index in [1.807, 2.05) is 0 Å². The molecule has 2 rings (SSSR count). The monoisotopic (exact) mass is 478 g/mol. The standard InChI is InChI=1S/C21H29F3N2O5S/c1-19(2,3)31-18(28)26-10-11-30-15(12-26)21(23,24)14-9-7-8-13(16(14)22)17(27)25-32(29)20(4,5)6/h7-9,15H,10-12H2,1-6H3,(H,25,27). The van der Waals surface area contributed by atoms with E-state index in [-0.39, 0.29) is 13.2 Å². The quantitative estimate of drug-likeness (QED) is 0.713. The van der Waals surface area contributed by atoms with Crippen LogP contribution >= 0.6 is 0 Å². The van der Waals surface area contributed by atoms with Gasteiger partial charge in [-0.2, -0.15) is 8.78 Å². The number of nitrogens with one attached hydrogen (secondary N) is 1. The van der Waals surface area contributed by atoms with Crippen molar-refractivity contribution in [3.8, 4) is 0 Å². The molecule has 0 aliphatic carbocycles. The lowest BCUT2D eigenvalue weighted by molar-refractivity contribution is -0.171. The smallest absolute Gasteiger partial charge is 0.410 e. The highest BCUT2D eigenvalue weighted by atomic mass is 32.2. The van der Waals surface area contributed by atoms with Crippen molar-refractivity contribution >= 4 is 23.0 Å². The first-order valence-corrected chi connectivity index (χ1v) is 11.2. The summed E-state index contributed by atoms with van der Waals surface area (Å²) in [7, 11) is -1.86. The highest BCUT2D eigenvalue weighted by Crippen LogP contribution is 2.37. The topological polar surface area (TPSA) is 84.9 Å². The van der Waals surface area contributed by atoms with Crippen LogP contribution in [-0.4, -0.2) is 57.3 Å². The molecular weight excluding hydrogens is 449 g/mol. The third-order valence-electron chi connectivity index (χ3n) is 4.47. The van der Waals surface area contributed by atoms with Crippen molar-refractivity contribution < 1.29 is 36.4 Å². The Morgan fingerprint density at radius 3 is 2.38 bits per heavy atom. The fourth-order valence-corrected chi connectivity index (χ4v) is 3.38. The second kappa shape index (κ2) is 9.38. The van der Waals surface area contributed by atoms with Crippen LogP contribution in [-0.2, 0) is 26.4 Å². The van der Waals surface area contributed by atoms with E-state index in [1.165, 1.54) is 0 Å². The van der Waals surface area contributed by atoms with Crippen molar-refractivity contribution in [1.82, 2.24) is 9.62 Å². The van der Waals surface area contributed by atoms with E-state index in [4.69, 9.17) is 9.47 Å². The summed E-state index contributed by atoms with van der Waals surface area (Å²) in [5.74, 6) is -6.38. The third kappa shape index (κ3) is 6.22. The largest absolute Gasteiger partial charge is 0.444 e. The van der Waals surface area contributed by atoms with Gasteiger partial charge in [0.2, 0.25) is 0 Å². The molecule has 1 aromatic rings. The number of amides is 2. The molecule has 2 atom stereocenters. The average Bonchev–Trinajstić information content (AvgIpc) is 2.65. The van der Waals surface area contributed by atoms with Crippen molar-refractivity contribution in [3.05, 3.63) is 35.1 Å². The van der Waals surface area contributed by atoms with Crippen molar-refractivity contribution in [2.45, 2.75) is 63.9 Å². The zero-order chi connectivity index (χ0) is 24.5. The first-order chi connectivity index (χ1) is 14.5. The molecule has 0 saturated carbocycles. The lowest BCUT2D eigenvalue weighted by Crippen LogP contribution is -2.52. The molecule has 2 amide bonds. The summed E-state index contributed by atoms with van der Waals surface area (Å²) in [4.78, 5) is 25.7. The van der Waals surface area contributed by atoms with Gasteiger partial charge in [-0.25, -0.2) is 13.4 Å². The molecule has 1 aromatic carbocycles. The molecule has 7 nitrogen and oxygen atoms in total. The summed E-state index contributed by atoms with van der Waals surface area (Å²) < 4.78 is 69.3. The first-order valence-electron chi connectivity index (χ1n) is 10.0. The lowest BCUT2D eigenvalue weighted by Gasteiger charge is -2.37. The normalized spacial score (nSPS) is 18.8. The molecule has 1 aliphatic rings. The van der Waals surface area contributed by atoms with Crippen molar-refractivity contribution in [3.63, 3.8) is 0 Å². The number of carbonyl (C=O) groups is 2. The van der Waals surface area contributed by atoms with Gasteiger partial charge in [0, 0.05) is 6.54 Å². The number of carbonyl (C=O) groups excluding carboxylic acids is 2. The Morgan fingerprint density at radius 1 is 1.19 bits per heavy atom. The van der Waals surface area contributed by atoms with E-state index in [1.54, 1.807) is 41.5 Å². The van der Waals surface area contributed by atoms with Crippen LogP contribution < -0.4 is 4.72 Å². The first kappa shape index (κ1) is 26.1. The number of halogens is 3. The Balaban J connectivity index is 2.26. The fraction of sp³-hybridized carbons (Fsp3) is 0.619. The summed E-state index contributed by atoms with van der Waals surface area (Å²) in [5, 5.41) is 0. The van der Waals surface area contributed by atoms with Gasteiger partial charge in [0.25, 0.3) is 5.91 Å². The zero-order valence-corrected chi connectivity index (χ0v) is 19.8. The summed E-state index contributed by atoms with van der Waals surface area (Å²) in [6.07, 6.45) is -2.62. The summed E-state index contributed by atoms with van der Waals surface area (Å²) in [6.45, 7) is 9.08. The predicted molar refractivity (Wildman–Crippen MR) is 113 cm³/mol. The molecule has 1 fully saturated rings. The number of ether oxygens (including phenoxy) is 2. The molecule has 11 heteroatoms. The van der Waals surface area contributed by atoms with Crippen LogP contribution in [0.25, 0.3) is 0 Å². The molecule has 0 bridgehead atoms. The average molecular weight is 479 g/mol. The molecule has 0 radical (unpaired) electrons. The Morgan fingerprint density at radius 2 is 1.81 bits per heavy atom. The summed E-state index contributed by atoms with van der Waals surface area (Å²) >= 11 is 0. The van der Waals surface area contributed by atoms with Crippen molar-refractivity contribution in [2.24, 2.45) is 0 Å². The zero-order valence-electron chi connectivity index (χ0n) is 19.0. The molecule has 1 N–H and O–H groups in total. The highest BCUT2D eigenvalue weighted by Gasteiger charge is 2.48. The van der Waals surface area contributed by atoms with E-state index >= 15 is 8.78 Å². The molecule has 32 heavy (non-hydrogen) atoms. The van der Waals surface area contributed by atoms with Gasteiger partial charge in [-0.1, -0.05) is 6.07 Å². The molecule has 1 saturated heterocycles. The SMILES string of the molecule is CC(C)(C)OC(=O)N1CCOC(C(F)(F)c2cccc(C(=O)NS(=O)C(C)(C)C)c2F)C1. The van der Waals surface area contributed by atoms with Crippen molar-refractivity contribution in [1.29, 1.82) is 0 Å². The number of benzene rings is 1. The number of hydrogen-bond acceptors (Lipinski definition) is 5. The van der Waals surface area contributed by atoms with Crippen LogP contribution in [0.3, 0.4) is 0 Å². The number of rotatable bonds is 4. The molecule has 0 aromatic heterocycles. The summed E-state index contributed by atoms with van der Waals surface area (Å²) in [6, 6.07) is 2.98. The van der Waals surface area contributed by atoms with Gasteiger partial charge in [-0.3, -0.25) is 9.52 Å². The Bertz CT molecular complexity index is 896. The van der Waals surface area contributed by atoms with Gasteiger partial charge < -0.3 is 14.4 Å². The van der Waals surface area contributed by atoms with Gasteiger partial charge in [-0.05, 0) is 53.7 Å². The maximum atomic E-state index is 15.2. The minimum atomic E-state index is -3.86. The Labute approximate surface area is 188 Å². The molecule has 1 heterocycles. The van der Waals surface area contributed by atoms with E-state index < -0.39 is 68.8 Å². The van der Waals surface area contributed by atoms with Gasteiger partial charge in [0.05, 0.1) is 29.0 Å². The third-order valence-corrected chi connectivity index (χ3v) is 5.95. The van der Waals surface area contributed by atoms with Crippen LogP contribution in [0.4, 0.5) is 18.0 Å². The number of nitrogens with zero attached hydrogens (tertiary/aromatic N) is 1. The Kier molecular flexibility index (Phi) is 7.66. The van der Waals surface area contributed by atoms with E-state index in [9.17, 15) is 18.2 Å². The van der Waals surface area contributed by atoms with E-state index in [0.29, 0.717) is 0 Å². The van der Waals surface area contributed by atoms with E-state index in [2.05, 4.69) is 4.72 Å². The van der Waals surface area contributed by atoms with Crippen LogP contribution in [0.1, 0.15) is 57.5 Å². The number of morpholine rings is 1. The van der Waals surface area contributed by atoms with Crippen LogP contribution in [0.15, 0.2) is 18.2 Å². The minimum absolute atomic E-state index is 0.0467. The van der Waals surface area contributed by atoms with Gasteiger partial charge in [0.1, 0.15) is 28.5 Å².